The zero-order valence-corrected chi connectivity index (χ0v) is 14.6. The summed E-state index contributed by atoms with van der Waals surface area (Å²) in [6.07, 6.45) is 5.67. The second-order valence-corrected chi connectivity index (χ2v) is 6.62. The SMILES string of the molecule is Cc1ccc(C(C)C)cc1-n1cc(-c2cnc3ccccc3n2)cn1. The lowest BCUT2D eigenvalue weighted by Crippen LogP contribution is -1.99. The van der Waals surface area contributed by atoms with Gasteiger partial charge in [0.05, 0.1) is 34.8 Å². The Kier molecular flexibility index (Phi) is 3.80. The Labute approximate surface area is 147 Å². The average molecular weight is 328 g/mol. The lowest BCUT2D eigenvalue weighted by atomic mass is 10.0. The summed E-state index contributed by atoms with van der Waals surface area (Å²) in [7, 11) is 0. The predicted octanol–water partition coefficient (Wildman–Crippen LogP) is 4.91. The molecule has 0 aliphatic rings. The topological polar surface area (TPSA) is 43.6 Å². The van der Waals surface area contributed by atoms with E-state index >= 15 is 0 Å². The third kappa shape index (κ3) is 2.91. The average Bonchev–Trinajstić information content (AvgIpc) is 3.11. The van der Waals surface area contributed by atoms with Gasteiger partial charge in [-0.1, -0.05) is 38.1 Å². The number of nitrogens with zero attached hydrogens (tertiary/aromatic N) is 4. The number of fused-ring (bicyclic) bond motifs is 1. The van der Waals surface area contributed by atoms with Crippen molar-refractivity contribution in [1.82, 2.24) is 19.7 Å². The maximum Gasteiger partial charge on any atom is 0.0924 e. The normalized spacial score (nSPS) is 11.4. The van der Waals surface area contributed by atoms with E-state index in [9.17, 15) is 0 Å². The van der Waals surface area contributed by atoms with E-state index in [1.165, 1.54) is 11.1 Å². The third-order valence-corrected chi connectivity index (χ3v) is 4.47. The van der Waals surface area contributed by atoms with Gasteiger partial charge in [0.1, 0.15) is 0 Å². The summed E-state index contributed by atoms with van der Waals surface area (Å²) in [5.41, 5.74) is 7.21. The van der Waals surface area contributed by atoms with Crippen LogP contribution in [0.3, 0.4) is 0 Å². The quantitative estimate of drug-likeness (QED) is 0.536. The summed E-state index contributed by atoms with van der Waals surface area (Å²) >= 11 is 0. The first-order valence-electron chi connectivity index (χ1n) is 8.49. The van der Waals surface area contributed by atoms with Gasteiger partial charge in [0.15, 0.2) is 0 Å². The van der Waals surface area contributed by atoms with Crippen LogP contribution < -0.4 is 0 Å². The van der Waals surface area contributed by atoms with Crippen molar-refractivity contribution in [3.05, 3.63) is 72.2 Å². The Balaban J connectivity index is 1.76. The van der Waals surface area contributed by atoms with Gasteiger partial charge in [-0.2, -0.15) is 5.10 Å². The van der Waals surface area contributed by atoms with Gasteiger partial charge in [0, 0.05) is 11.8 Å². The summed E-state index contributed by atoms with van der Waals surface area (Å²) in [6.45, 7) is 6.51. The van der Waals surface area contributed by atoms with E-state index in [1.807, 2.05) is 41.3 Å². The number of rotatable bonds is 3. The second-order valence-electron chi connectivity index (χ2n) is 6.62. The van der Waals surface area contributed by atoms with E-state index in [2.05, 4.69) is 49.1 Å². The van der Waals surface area contributed by atoms with Crippen LogP contribution in [0, 0.1) is 6.92 Å². The maximum absolute atomic E-state index is 4.70. The highest BCUT2D eigenvalue weighted by Gasteiger charge is 2.10. The van der Waals surface area contributed by atoms with E-state index in [-0.39, 0.29) is 0 Å². The Bertz CT molecular complexity index is 1050. The molecule has 4 heteroatoms. The van der Waals surface area contributed by atoms with Crippen molar-refractivity contribution in [2.75, 3.05) is 0 Å². The molecule has 0 radical (unpaired) electrons. The molecule has 0 amide bonds. The molecule has 0 aliphatic carbocycles. The summed E-state index contributed by atoms with van der Waals surface area (Å²) in [5, 5.41) is 4.55. The number of aryl methyl sites for hydroxylation is 1. The van der Waals surface area contributed by atoms with Crippen LogP contribution >= 0.6 is 0 Å². The number of benzene rings is 2. The molecule has 0 atom stereocenters. The molecule has 2 aromatic heterocycles. The second kappa shape index (κ2) is 6.13. The fraction of sp³-hybridized carbons (Fsp3) is 0.190. The van der Waals surface area contributed by atoms with Gasteiger partial charge < -0.3 is 0 Å². The van der Waals surface area contributed by atoms with E-state index in [0.717, 1.165) is 28.0 Å². The molecule has 0 bridgehead atoms. The van der Waals surface area contributed by atoms with Crippen molar-refractivity contribution >= 4 is 11.0 Å². The Morgan fingerprint density at radius 2 is 1.76 bits per heavy atom. The standard InChI is InChI=1S/C21H20N4/c1-14(2)16-9-8-15(3)21(10-16)25-13-17(11-23-25)20-12-22-18-6-4-5-7-19(18)24-20/h4-14H,1-3H3. The minimum atomic E-state index is 0.487. The fourth-order valence-corrected chi connectivity index (χ4v) is 2.92. The minimum absolute atomic E-state index is 0.487. The summed E-state index contributed by atoms with van der Waals surface area (Å²) in [4.78, 5) is 9.20. The van der Waals surface area contributed by atoms with Gasteiger partial charge in [0.2, 0.25) is 0 Å². The van der Waals surface area contributed by atoms with E-state index in [0.29, 0.717) is 5.92 Å². The van der Waals surface area contributed by atoms with Gasteiger partial charge in [0.25, 0.3) is 0 Å². The molecule has 2 heterocycles. The van der Waals surface area contributed by atoms with Gasteiger partial charge in [-0.3, -0.25) is 4.98 Å². The largest absolute Gasteiger partial charge is 0.252 e. The summed E-state index contributed by atoms with van der Waals surface area (Å²) in [6, 6.07) is 14.4. The zero-order valence-electron chi connectivity index (χ0n) is 14.6. The van der Waals surface area contributed by atoms with E-state index in [1.54, 1.807) is 6.20 Å². The highest BCUT2D eigenvalue weighted by molar-refractivity contribution is 5.76. The van der Waals surface area contributed by atoms with Crippen LogP contribution in [-0.4, -0.2) is 19.7 Å². The molecular formula is C21H20N4. The molecule has 0 aliphatic heterocycles. The fourth-order valence-electron chi connectivity index (χ4n) is 2.92. The number of hydrogen-bond donors (Lipinski definition) is 0. The van der Waals surface area contributed by atoms with Crippen molar-refractivity contribution in [1.29, 1.82) is 0 Å². The molecule has 0 fully saturated rings. The van der Waals surface area contributed by atoms with Gasteiger partial charge >= 0.3 is 0 Å². The van der Waals surface area contributed by atoms with Crippen LogP contribution in [-0.2, 0) is 0 Å². The highest BCUT2D eigenvalue weighted by Crippen LogP contribution is 2.24. The minimum Gasteiger partial charge on any atom is -0.252 e. The van der Waals surface area contributed by atoms with Crippen molar-refractivity contribution in [3.63, 3.8) is 0 Å². The zero-order chi connectivity index (χ0) is 17.4. The van der Waals surface area contributed by atoms with Crippen molar-refractivity contribution in [2.24, 2.45) is 0 Å². The number of para-hydroxylation sites is 2. The molecular weight excluding hydrogens is 308 g/mol. The Morgan fingerprint density at radius 1 is 0.960 bits per heavy atom. The molecule has 4 rings (SSSR count). The molecule has 124 valence electrons. The molecule has 4 aromatic rings. The first-order chi connectivity index (χ1) is 12.1. The predicted molar refractivity (Wildman–Crippen MR) is 101 cm³/mol. The van der Waals surface area contributed by atoms with Crippen molar-refractivity contribution in [2.45, 2.75) is 26.7 Å². The lowest BCUT2D eigenvalue weighted by Gasteiger charge is -2.11. The van der Waals surface area contributed by atoms with E-state index in [4.69, 9.17) is 4.98 Å². The first kappa shape index (κ1) is 15.5. The summed E-state index contributed by atoms with van der Waals surface area (Å²) in [5.74, 6) is 0.487. The number of hydrogen-bond acceptors (Lipinski definition) is 3. The maximum atomic E-state index is 4.70. The lowest BCUT2D eigenvalue weighted by molar-refractivity contribution is 0.840. The molecule has 0 unspecified atom stereocenters. The van der Waals surface area contributed by atoms with Crippen LogP contribution in [0.1, 0.15) is 30.9 Å². The molecule has 0 saturated heterocycles. The van der Waals surface area contributed by atoms with Crippen molar-refractivity contribution < 1.29 is 0 Å². The highest BCUT2D eigenvalue weighted by atomic mass is 15.3. The molecule has 4 nitrogen and oxygen atoms in total. The monoisotopic (exact) mass is 328 g/mol. The molecule has 0 saturated carbocycles. The van der Waals surface area contributed by atoms with Crippen molar-refractivity contribution in [3.8, 4) is 16.9 Å². The summed E-state index contributed by atoms with van der Waals surface area (Å²) < 4.78 is 1.92. The molecule has 2 aromatic carbocycles. The Hall–Kier alpha value is -3.01. The van der Waals surface area contributed by atoms with Crippen LogP contribution in [0.5, 0.6) is 0 Å². The first-order valence-corrected chi connectivity index (χ1v) is 8.49. The van der Waals surface area contributed by atoms with E-state index < -0.39 is 0 Å². The van der Waals surface area contributed by atoms with Gasteiger partial charge in [-0.05, 0) is 42.2 Å². The van der Waals surface area contributed by atoms with Gasteiger partial charge in [-0.15, -0.1) is 0 Å². The molecule has 0 N–H and O–H groups in total. The van der Waals surface area contributed by atoms with Gasteiger partial charge in [-0.25, -0.2) is 9.67 Å². The third-order valence-electron chi connectivity index (χ3n) is 4.47. The smallest absolute Gasteiger partial charge is 0.0924 e. The Morgan fingerprint density at radius 3 is 2.56 bits per heavy atom. The van der Waals surface area contributed by atoms with Crippen LogP contribution in [0.2, 0.25) is 0 Å². The van der Waals surface area contributed by atoms with Crippen LogP contribution in [0.4, 0.5) is 0 Å². The number of aromatic nitrogens is 4. The molecule has 0 spiro atoms. The van der Waals surface area contributed by atoms with Crippen LogP contribution in [0.15, 0.2) is 61.1 Å². The molecule has 25 heavy (non-hydrogen) atoms. The van der Waals surface area contributed by atoms with Crippen LogP contribution in [0.25, 0.3) is 28.0 Å².